The molecule has 0 aliphatic carbocycles. The van der Waals surface area contributed by atoms with Crippen LogP contribution in [0.1, 0.15) is 30.2 Å². The predicted octanol–water partition coefficient (Wildman–Crippen LogP) is 22.2. The summed E-state index contributed by atoms with van der Waals surface area (Å²) in [6, 6.07) is 50.2. The lowest BCUT2D eigenvalue weighted by atomic mass is 9.33. The second-order valence-electron chi connectivity index (χ2n) is 23.7. The smallest absolute Gasteiger partial charge is 0.252 e. The van der Waals surface area contributed by atoms with Gasteiger partial charge in [-0.3, -0.25) is 0 Å². The first-order valence-corrected chi connectivity index (χ1v) is 31.3. The van der Waals surface area contributed by atoms with Crippen molar-refractivity contribution >= 4 is 123 Å². The van der Waals surface area contributed by atoms with E-state index < -0.39 is 173 Å². The van der Waals surface area contributed by atoms with E-state index >= 15 is 0 Å². The average Bonchev–Trinajstić information content (AvgIpc) is 1.04. The third kappa shape index (κ3) is 8.19. The quantitative estimate of drug-likeness (QED) is 0.135. The number of anilines is 6. The van der Waals surface area contributed by atoms with Crippen LogP contribution >= 0.6 is 0 Å². The van der Waals surface area contributed by atoms with Crippen molar-refractivity contribution < 1.29 is 34.6 Å². The first-order valence-electron chi connectivity index (χ1n) is 42.3. The first kappa shape index (κ1) is 36.6. The fraction of sp³-hybridized carbons (Fsp3) is 0. The molecule has 0 amide bonds. The van der Waals surface area contributed by atoms with Crippen LogP contribution in [0.4, 0.5) is 34.1 Å². The number of rotatable bonds is 9. The van der Waals surface area contributed by atoms with Gasteiger partial charge in [0.2, 0.25) is 0 Å². The van der Waals surface area contributed by atoms with E-state index in [0.29, 0.717) is 83.6 Å². The van der Waals surface area contributed by atoms with Crippen molar-refractivity contribution in [1.82, 2.24) is 9.13 Å². The van der Waals surface area contributed by atoms with E-state index in [1.54, 1.807) is 0 Å². The van der Waals surface area contributed by atoms with Gasteiger partial charge in [0.15, 0.2) is 0 Å². The van der Waals surface area contributed by atoms with E-state index in [4.69, 9.17) is 9.90 Å². The molecule has 0 radical (unpaired) electrons. The van der Waals surface area contributed by atoms with Crippen LogP contribution in [0, 0.1) is 0 Å². The molecule has 20 rings (SSSR count). The summed E-state index contributed by atoms with van der Waals surface area (Å²) in [6.07, 6.45) is 0. The zero-order valence-electron chi connectivity index (χ0n) is 72.5. The number of hydrogen-bond donors (Lipinski definition) is 0. The molecular weight excluding hydrogens is 1160 g/mol. The molecule has 2 aliphatic rings. The summed E-state index contributed by atoms with van der Waals surface area (Å²) in [7, 11) is 0. The fourth-order valence-electron chi connectivity index (χ4n) is 14.5. The Hall–Kier alpha value is -12.6. The van der Waals surface area contributed by atoms with Gasteiger partial charge in [0.1, 0.15) is 11.2 Å². The molecule has 0 atom stereocenters. The number of aromatic nitrogens is 2. The lowest BCUT2D eigenvalue weighted by molar-refractivity contribution is 0.669. The van der Waals surface area contributed by atoms with Crippen LogP contribution in [0.5, 0.6) is 0 Å². The van der Waals surface area contributed by atoms with Crippen LogP contribution in [0.15, 0.2) is 350 Å². The number of furan rings is 1. The highest BCUT2D eigenvalue weighted by atomic mass is 16.3. The van der Waals surface area contributed by atoms with E-state index in [1.165, 1.54) is 0 Å². The maximum atomic E-state index is 11.7. The molecule has 0 N–H and O–H groups in total. The second kappa shape index (κ2) is 21.5. The normalized spacial score (nSPS) is 15.7. The molecule has 0 bridgehead atoms. The third-order valence-electron chi connectivity index (χ3n) is 18.6. The molecule has 0 fully saturated rings. The third-order valence-corrected chi connectivity index (χ3v) is 18.6. The Kier molecular flexibility index (Phi) is 8.18. The van der Waals surface area contributed by atoms with Crippen LogP contribution in [0.2, 0.25) is 0 Å². The maximum absolute atomic E-state index is 11.7. The molecule has 2 aliphatic heterocycles. The number of nitrogens with zero attached hydrogens (tertiary/aromatic N) is 4. The largest absolute Gasteiger partial charge is 0.456 e. The molecule has 96 heavy (non-hydrogen) atoms. The van der Waals surface area contributed by atoms with Gasteiger partial charge in [0, 0.05) is 88.7 Å². The Morgan fingerprint density at radius 2 is 0.656 bits per heavy atom. The summed E-state index contributed by atoms with van der Waals surface area (Å²) in [5.41, 5.74) is 4.83. The van der Waals surface area contributed by atoms with Gasteiger partial charge < -0.3 is 23.4 Å². The molecule has 5 nitrogen and oxygen atoms in total. The van der Waals surface area contributed by atoms with Crippen LogP contribution in [-0.2, 0) is 0 Å². The van der Waals surface area contributed by atoms with Crippen molar-refractivity contribution in [3.63, 3.8) is 0 Å². The van der Waals surface area contributed by atoms with Gasteiger partial charge in [-0.15, -0.1) is 0 Å². The highest BCUT2D eigenvalue weighted by Gasteiger charge is 2.46. The summed E-state index contributed by atoms with van der Waals surface area (Å²) in [5, 5.41) is 0.0389. The molecule has 15 aromatic carbocycles. The minimum Gasteiger partial charge on any atom is -0.456 e. The van der Waals surface area contributed by atoms with Crippen LogP contribution in [0.25, 0.3) is 133 Å². The van der Waals surface area contributed by atoms with Crippen molar-refractivity contribution in [2.24, 2.45) is 0 Å². The summed E-state index contributed by atoms with van der Waals surface area (Å²) < 4.78 is 227. The minimum absolute atomic E-state index is 0.182. The summed E-state index contributed by atoms with van der Waals surface area (Å²) in [5.74, 6) is 0. The van der Waals surface area contributed by atoms with Crippen molar-refractivity contribution in [3.8, 4) is 67.0 Å². The molecule has 6 heteroatoms. The van der Waals surface area contributed by atoms with E-state index in [0.717, 1.165) is 14.5 Å². The number of fused-ring (bicyclic) bond motifs is 13. The van der Waals surface area contributed by atoms with Crippen LogP contribution in [-0.4, -0.2) is 15.8 Å². The molecule has 3 aromatic heterocycles. The first-order chi connectivity index (χ1) is 56.8. The molecule has 0 saturated heterocycles. The summed E-state index contributed by atoms with van der Waals surface area (Å²) >= 11 is 0. The van der Waals surface area contributed by atoms with Gasteiger partial charge in [-0.2, -0.15) is 0 Å². The Balaban J connectivity index is 1.06. The number of benzene rings is 15. The van der Waals surface area contributed by atoms with Gasteiger partial charge in [-0.1, -0.05) is 267 Å². The average molecular weight is 1240 g/mol. The van der Waals surface area contributed by atoms with Gasteiger partial charge in [-0.25, -0.2) is 0 Å². The molecule has 446 valence electrons. The molecule has 0 unspecified atom stereocenters. The Morgan fingerprint density at radius 1 is 0.281 bits per heavy atom. The number of hydrogen-bond acceptors (Lipinski definition) is 3. The fourth-order valence-corrected chi connectivity index (χ4v) is 14.5. The topological polar surface area (TPSA) is 29.5 Å². The second-order valence-corrected chi connectivity index (χ2v) is 23.7. The lowest BCUT2D eigenvalue weighted by Crippen LogP contribution is -2.61. The zero-order valence-corrected chi connectivity index (χ0v) is 50.5. The minimum atomic E-state index is -1.67. The Bertz CT molecular complexity index is 6890. The predicted molar refractivity (Wildman–Crippen MR) is 404 cm³/mol. The zero-order chi connectivity index (χ0) is 82.1. The highest BCUT2D eigenvalue weighted by Crippen LogP contribution is 2.54. The monoisotopic (exact) mass is 1240 g/mol. The van der Waals surface area contributed by atoms with Gasteiger partial charge >= 0.3 is 0 Å². The maximum Gasteiger partial charge on any atom is 0.252 e. The van der Waals surface area contributed by atoms with E-state index in [-0.39, 0.29) is 60.7 Å². The van der Waals surface area contributed by atoms with Gasteiger partial charge in [-0.05, 0) is 128 Å². The molecule has 18 aromatic rings. The van der Waals surface area contributed by atoms with Crippen LogP contribution < -0.4 is 26.2 Å². The van der Waals surface area contributed by atoms with Crippen LogP contribution in [0.3, 0.4) is 0 Å². The standard InChI is InChI=1S/C90H57BN4O/c1-5-25-58(26-6-1)66-38-23-39-67(59-27-7-2-8-28-59)89(66)94-82-56-64(92-78-42-18-13-33-70(78)71-34-14-19-43-79(71)92)48-50-76(82)91-77-51-49-65(93-80-44-20-15-35-72(80)73-36-16-21-45-81(73)93)57-83(77)95(90-68(60-29-9-3-10-30-60)40-24-41-69(90)61-31-11-4-12-32-61)85-55-63(54-84(94)88(85)91)62-47-52-87-75(53-62)74-37-17-22-46-86(74)96-87/h1-57H/i13D,14D,15D,16D,18D,19D,20D,21D,33D,34D,35D,36D,42D,43D,44D,45D,48D,49D,50D,51D,56D,57D. The van der Waals surface area contributed by atoms with E-state index in [2.05, 4.69) is 0 Å². The molecule has 5 heterocycles. The Labute approximate surface area is 586 Å². The van der Waals surface area contributed by atoms with E-state index in [9.17, 15) is 24.7 Å². The lowest BCUT2D eigenvalue weighted by Gasteiger charge is -2.46. The number of para-hydroxylation sites is 7. The van der Waals surface area contributed by atoms with Crippen molar-refractivity contribution in [2.75, 3.05) is 9.80 Å². The van der Waals surface area contributed by atoms with E-state index in [1.807, 2.05) is 222 Å². The van der Waals surface area contributed by atoms with Crippen molar-refractivity contribution in [1.29, 1.82) is 0 Å². The summed E-state index contributed by atoms with van der Waals surface area (Å²) in [4.78, 5) is 3.66. The highest BCUT2D eigenvalue weighted by molar-refractivity contribution is 7.00. The SMILES string of the molecule is [2H]c1c([2H])c(-n2c3c([2H])c([2H])c([2H])c([2H])c3c3c([2H])c([2H])c([2H])c([2H])c32)c([2H])c2c1B1c3c(cc(-c4ccc5oc6ccccc6c5c4)cc3N(c3c(-c4ccccc4)cccc3-c3ccccc3)c3c([2H])c(-n4c5c([2H])c([2H])c([2H])c([2H])c5c5c([2H])c([2H])c([2H])c([2H])c54)c([2H])c([2H])c31)N2c1c(-c2ccccc2)cccc1-c1ccccc1. The Morgan fingerprint density at radius 3 is 1.07 bits per heavy atom. The van der Waals surface area contributed by atoms with Crippen molar-refractivity contribution in [3.05, 3.63) is 345 Å². The molecule has 0 saturated carbocycles. The molecule has 0 spiro atoms. The summed E-state index contributed by atoms with van der Waals surface area (Å²) in [6.45, 7) is -1.67. The van der Waals surface area contributed by atoms with Gasteiger partial charge in [0.25, 0.3) is 6.71 Å². The van der Waals surface area contributed by atoms with Gasteiger partial charge in [0.05, 0.1) is 63.6 Å². The molecular formula is C90H57BN4O. The van der Waals surface area contributed by atoms with Crippen molar-refractivity contribution in [2.45, 2.75) is 0 Å².